The van der Waals surface area contributed by atoms with Gasteiger partial charge in [-0.1, -0.05) is 12.1 Å². The lowest BCUT2D eigenvalue weighted by atomic mass is 10.2. The molecule has 0 aliphatic heterocycles. The lowest BCUT2D eigenvalue weighted by molar-refractivity contribution is 0.414. The fourth-order valence-corrected chi connectivity index (χ4v) is 2.21. The standard InChI is InChI=1S/C15H19N3O.ClH/c1-18-15(9-14(17-18)12-6-7-12)16-10-11-4-3-5-13(8-11)19-2;/h3-5,8-9,12,16H,6-7,10H2,1-2H3;1H. The molecule has 20 heavy (non-hydrogen) atoms. The minimum Gasteiger partial charge on any atom is -0.497 e. The number of aromatic nitrogens is 2. The fraction of sp³-hybridized carbons (Fsp3) is 0.400. The summed E-state index contributed by atoms with van der Waals surface area (Å²) >= 11 is 0. The molecule has 1 aliphatic rings. The van der Waals surface area contributed by atoms with Crippen LogP contribution >= 0.6 is 12.4 Å². The molecule has 0 amide bonds. The Kier molecular flexibility index (Phi) is 4.55. The predicted molar refractivity (Wildman–Crippen MR) is 82.8 cm³/mol. The number of nitrogens with zero attached hydrogens (tertiary/aromatic N) is 2. The van der Waals surface area contributed by atoms with E-state index in [1.165, 1.54) is 24.1 Å². The van der Waals surface area contributed by atoms with Crippen LogP contribution in [0.25, 0.3) is 0 Å². The predicted octanol–water partition coefficient (Wildman–Crippen LogP) is 3.34. The smallest absolute Gasteiger partial charge is 0.124 e. The van der Waals surface area contributed by atoms with Crippen LogP contribution in [0, 0.1) is 0 Å². The molecule has 0 saturated heterocycles. The van der Waals surface area contributed by atoms with Gasteiger partial charge in [0, 0.05) is 25.6 Å². The molecule has 0 radical (unpaired) electrons. The summed E-state index contributed by atoms with van der Waals surface area (Å²) in [6.07, 6.45) is 2.57. The van der Waals surface area contributed by atoms with Gasteiger partial charge in [0.15, 0.2) is 0 Å². The molecule has 1 aromatic carbocycles. The Balaban J connectivity index is 0.00000147. The summed E-state index contributed by atoms with van der Waals surface area (Å²) in [5.41, 5.74) is 2.42. The molecule has 1 aromatic heterocycles. The van der Waals surface area contributed by atoms with Gasteiger partial charge < -0.3 is 10.1 Å². The molecule has 0 bridgehead atoms. The number of rotatable bonds is 5. The summed E-state index contributed by atoms with van der Waals surface area (Å²) in [6, 6.07) is 10.3. The number of ether oxygens (including phenoxy) is 1. The van der Waals surface area contributed by atoms with E-state index in [0.717, 1.165) is 18.1 Å². The van der Waals surface area contributed by atoms with Gasteiger partial charge in [-0.3, -0.25) is 4.68 Å². The van der Waals surface area contributed by atoms with Crippen LogP contribution in [0.5, 0.6) is 5.75 Å². The second-order valence-corrected chi connectivity index (χ2v) is 5.06. The third-order valence-electron chi connectivity index (χ3n) is 3.50. The van der Waals surface area contributed by atoms with E-state index in [9.17, 15) is 0 Å². The van der Waals surface area contributed by atoms with Crippen molar-refractivity contribution in [3.05, 3.63) is 41.6 Å². The maximum absolute atomic E-state index is 5.23. The summed E-state index contributed by atoms with van der Waals surface area (Å²) in [5.74, 6) is 2.66. The molecule has 1 saturated carbocycles. The number of hydrogen-bond donors (Lipinski definition) is 1. The van der Waals surface area contributed by atoms with E-state index in [1.54, 1.807) is 7.11 Å². The average Bonchev–Trinajstić information content (AvgIpc) is 3.21. The molecule has 1 fully saturated rings. The molecule has 0 spiro atoms. The minimum absolute atomic E-state index is 0. The van der Waals surface area contributed by atoms with Gasteiger partial charge >= 0.3 is 0 Å². The molecule has 1 N–H and O–H groups in total. The quantitative estimate of drug-likeness (QED) is 0.919. The van der Waals surface area contributed by atoms with Crippen LogP contribution in [0.4, 0.5) is 5.82 Å². The van der Waals surface area contributed by atoms with Crippen molar-refractivity contribution in [2.24, 2.45) is 7.05 Å². The number of methoxy groups -OCH3 is 1. The molecular weight excluding hydrogens is 274 g/mol. The SMILES string of the molecule is COc1cccc(CNc2cc(C3CC3)nn2C)c1.Cl. The Labute approximate surface area is 125 Å². The van der Waals surface area contributed by atoms with Gasteiger partial charge in [0.05, 0.1) is 12.8 Å². The van der Waals surface area contributed by atoms with Crippen molar-refractivity contribution < 1.29 is 4.74 Å². The highest BCUT2D eigenvalue weighted by molar-refractivity contribution is 5.85. The minimum atomic E-state index is 0. The van der Waals surface area contributed by atoms with Crippen molar-refractivity contribution in [1.29, 1.82) is 0 Å². The van der Waals surface area contributed by atoms with Gasteiger partial charge in [0.25, 0.3) is 0 Å². The Bertz CT molecular complexity index is 578. The van der Waals surface area contributed by atoms with Crippen LogP contribution < -0.4 is 10.1 Å². The molecular formula is C15H20ClN3O. The zero-order chi connectivity index (χ0) is 13.2. The average molecular weight is 294 g/mol. The number of anilines is 1. The van der Waals surface area contributed by atoms with Crippen molar-refractivity contribution in [3.8, 4) is 5.75 Å². The van der Waals surface area contributed by atoms with Crippen LogP contribution in [-0.2, 0) is 13.6 Å². The van der Waals surface area contributed by atoms with Gasteiger partial charge in [-0.25, -0.2) is 0 Å². The maximum Gasteiger partial charge on any atom is 0.124 e. The van der Waals surface area contributed by atoms with Gasteiger partial charge in [-0.2, -0.15) is 5.10 Å². The first-order valence-electron chi connectivity index (χ1n) is 6.67. The van der Waals surface area contributed by atoms with Gasteiger partial charge in [0.1, 0.15) is 11.6 Å². The van der Waals surface area contributed by atoms with E-state index in [0.29, 0.717) is 5.92 Å². The second-order valence-electron chi connectivity index (χ2n) is 5.06. The first-order chi connectivity index (χ1) is 9.26. The van der Waals surface area contributed by atoms with Gasteiger partial charge in [-0.15, -0.1) is 12.4 Å². The molecule has 5 heteroatoms. The number of aryl methyl sites for hydroxylation is 1. The van der Waals surface area contributed by atoms with Crippen LogP contribution in [0.1, 0.15) is 30.0 Å². The van der Waals surface area contributed by atoms with E-state index in [-0.39, 0.29) is 12.4 Å². The molecule has 1 heterocycles. The van der Waals surface area contributed by atoms with Gasteiger partial charge in [0.2, 0.25) is 0 Å². The van der Waals surface area contributed by atoms with Crippen LogP contribution in [0.3, 0.4) is 0 Å². The van der Waals surface area contributed by atoms with E-state index in [1.807, 2.05) is 29.9 Å². The normalized spacial score (nSPS) is 13.7. The Morgan fingerprint density at radius 1 is 1.35 bits per heavy atom. The Morgan fingerprint density at radius 3 is 2.85 bits per heavy atom. The highest BCUT2D eigenvalue weighted by Crippen LogP contribution is 2.39. The van der Waals surface area contributed by atoms with Gasteiger partial charge in [-0.05, 0) is 30.5 Å². The van der Waals surface area contributed by atoms with E-state index >= 15 is 0 Å². The Hall–Kier alpha value is -1.68. The van der Waals surface area contributed by atoms with E-state index in [2.05, 4.69) is 22.5 Å². The second kappa shape index (κ2) is 6.18. The zero-order valence-corrected chi connectivity index (χ0v) is 12.6. The number of nitrogens with one attached hydrogen (secondary N) is 1. The largest absolute Gasteiger partial charge is 0.497 e. The number of halogens is 1. The first kappa shape index (κ1) is 14.7. The maximum atomic E-state index is 5.23. The number of benzene rings is 1. The monoisotopic (exact) mass is 293 g/mol. The molecule has 0 unspecified atom stereocenters. The zero-order valence-electron chi connectivity index (χ0n) is 11.8. The summed E-state index contributed by atoms with van der Waals surface area (Å²) < 4.78 is 7.15. The molecule has 108 valence electrons. The van der Waals surface area contributed by atoms with Crippen molar-refractivity contribution in [1.82, 2.24) is 9.78 Å². The van der Waals surface area contributed by atoms with Crippen molar-refractivity contribution in [2.45, 2.75) is 25.3 Å². The van der Waals surface area contributed by atoms with Crippen molar-refractivity contribution in [3.63, 3.8) is 0 Å². The van der Waals surface area contributed by atoms with Crippen LogP contribution in [0.2, 0.25) is 0 Å². The van der Waals surface area contributed by atoms with Crippen molar-refractivity contribution in [2.75, 3.05) is 12.4 Å². The first-order valence-corrected chi connectivity index (χ1v) is 6.67. The molecule has 0 atom stereocenters. The molecule has 2 aromatic rings. The summed E-state index contributed by atoms with van der Waals surface area (Å²) in [7, 11) is 3.68. The third kappa shape index (κ3) is 3.25. The topological polar surface area (TPSA) is 39.1 Å². The van der Waals surface area contributed by atoms with Crippen LogP contribution in [0.15, 0.2) is 30.3 Å². The summed E-state index contributed by atoms with van der Waals surface area (Å²) in [6.45, 7) is 0.779. The molecule has 1 aliphatic carbocycles. The Morgan fingerprint density at radius 2 is 2.15 bits per heavy atom. The lowest BCUT2D eigenvalue weighted by Gasteiger charge is -2.07. The van der Waals surface area contributed by atoms with Crippen molar-refractivity contribution >= 4 is 18.2 Å². The summed E-state index contributed by atoms with van der Waals surface area (Å²) in [4.78, 5) is 0. The summed E-state index contributed by atoms with van der Waals surface area (Å²) in [5, 5.41) is 7.98. The highest BCUT2D eigenvalue weighted by Gasteiger charge is 2.26. The van der Waals surface area contributed by atoms with E-state index in [4.69, 9.17) is 4.74 Å². The molecule has 3 rings (SSSR count). The highest BCUT2D eigenvalue weighted by atomic mass is 35.5. The molecule has 4 nitrogen and oxygen atoms in total. The van der Waals surface area contributed by atoms with Crippen LogP contribution in [-0.4, -0.2) is 16.9 Å². The van der Waals surface area contributed by atoms with E-state index < -0.39 is 0 Å². The third-order valence-corrected chi connectivity index (χ3v) is 3.50. The number of hydrogen-bond acceptors (Lipinski definition) is 3. The fourth-order valence-electron chi connectivity index (χ4n) is 2.21. The lowest BCUT2D eigenvalue weighted by Crippen LogP contribution is -2.04.